The van der Waals surface area contributed by atoms with Crippen LogP contribution in [0.25, 0.3) is 16.7 Å². The van der Waals surface area contributed by atoms with Crippen molar-refractivity contribution in [3.8, 4) is 11.1 Å². The van der Waals surface area contributed by atoms with Gasteiger partial charge in [0.05, 0.1) is 18.1 Å². The Morgan fingerprint density at radius 1 is 0.932 bits per heavy atom. The number of carboxylic acids is 1. The molecule has 5 aliphatic heterocycles. The summed E-state index contributed by atoms with van der Waals surface area (Å²) in [6.07, 6.45) is -0.875. The zero-order valence-electron chi connectivity index (χ0n) is 25.7. The average molecular weight is 601 g/mol. The minimum atomic E-state index is -1.19. The number of benzene rings is 2. The number of rotatable bonds is 7. The Morgan fingerprint density at radius 3 is 2.18 bits per heavy atom. The van der Waals surface area contributed by atoms with Crippen molar-refractivity contribution in [1.82, 2.24) is 9.80 Å². The number of likely N-dealkylation sites (N-methyl/N-ethyl adjacent to an activating group) is 1. The van der Waals surface area contributed by atoms with E-state index >= 15 is 0 Å². The van der Waals surface area contributed by atoms with E-state index in [1.165, 1.54) is 10.5 Å². The maximum absolute atomic E-state index is 13.6. The van der Waals surface area contributed by atoms with Crippen molar-refractivity contribution in [2.24, 2.45) is 11.8 Å². The molecule has 1 aliphatic carbocycles. The number of aliphatic hydroxyl groups is 1. The monoisotopic (exact) mass is 600 g/mol. The third kappa shape index (κ3) is 4.11. The molecule has 2 aromatic rings. The fraction of sp³-hybridized carbons (Fsp3) is 0.471. The van der Waals surface area contributed by atoms with Gasteiger partial charge in [-0.2, -0.15) is 0 Å². The third-order valence-corrected chi connectivity index (χ3v) is 11.2. The Morgan fingerprint density at radius 2 is 1.57 bits per heavy atom. The first-order valence-corrected chi connectivity index (χ1v) is 15.6. The van der Waals surface area contributed by atoms with Crippen LogP contribution in [-0.2, 0) is 20.9 Å². The molecule has 0 aromatic heterocycles. The van der Waals surface area contributed by atoms with Crippen LogP contribution in [0.15, 0.2) is 42.1 Å². The number of piperazine rings is 3. The van der Waals surface area contributed by atoms with E-state index in [-0.39, 0.29) is 29.2 Å². The van der Waals surface area contributed by atoms with Crippen LogP contribution in [0.2, 0.25) is 0 Å². The highest BCUT2D eigenvalue weighted by molar-refractivity contribution is 6.22. The molecule has 4 atom stereocenters. The Labute approximate surface area is 256 Å². The molecule has 2 aromatic carbocycles. The van der Waals surface area contributed by atoms with E-state index in [1.54, 1.807) is 17.9 Å². The van der Waals surface area contributed by atoms with Gasteiger partial charge in [-0.05, 0) is 47.4 Å². The van der Waals surface area contributed by atoms with Crippen LogP contribution >= 0.6 is 0 Å². The normalized spacial score (nSPS) is 30.6. The van der Waals surface area contributed by atoms with Gasteiger partial charge in [0.15, 0.2) is 12.3 Å². The number of amides is 2. The first-order valence-electron chi connectivity index (χ1n) is 15.6. The van der Waals surface area contributed by atoms with Crippen LogP contribution in [0.1, 0.15) is 40.9 Å². The van der Waals surface area contributed by atoms with Crippen molar-refractivity contribution in [3.05, 3.63) is 64.3 Å². The number of carbonyl (C=O) groups excluding carboxylic acids is 3. The summed E-state index contributed by atoms with van der Waals surface area (Å²) in [5, 5.41) is 20.3. The highest BCUT2D eigenvalue weighted by Gasteiger charge is 2.60. The van der Waals surface area contributed by atoms with Crippen molar-refractivity contribution < 1.29 is 38.4 Å². The topological polar surface area (TPSA) is 115 Å². The lowest BCUT2D eigenvalue weighted by Gasteiger charge is -2.55. The molecule has 6 aliphatic rings. The molecular weight excluding hydrogens is 560 g/mol. The second-order valence-electron chi connectivity index (χ2n) is 13.9. The molecule has 0 unspecified atom stereocenters. The average Bonchev–Trinajstić information content (AvgIpc) is 3.41. The fourth-order valence-corrected chi connectivity index (χ4v) is 8.58. The van der Waals surface area contributed by atoms with Crippen molar-refractivity contribution in [2.75, 3.05) is 59.9 Å². The van der Waals surface area contributed by atoms with E-state index in [4.69, 9.17) is 0 Å². The molecule has 2 bridgehead atoms. The second-order valence-corrected chi connectivity index (χ2v) is 13.9. The van der Waals surface area contributed by atoms with Gasteiger partial charge >= 0.3 is 5.97 Å². The van der Waals surface area contributed by atoms with Crippen molar-refractivity contribution in [3.63, 3.8) is 0 Å². The predicted octanol–water partition coefficient (Wildman–Crippen LogP) is 1.80. The van der Waals surface area contributed by atoms with Gasteiger partial charge in [0.2, 0.25) is 5.91 Å². The molecule has 2 amide bonds. The van der Waals surface area contributed by atoms with Crippen molar-refractivity contribution >= 4 is 29.1 Å². The lowest BCUT2D eigenvalue weighted by Crippen LogP contribution is -2.75. The van der Waals surface area contributed by atoms with Crippen molar-refractivity contribution in [2.45, 2.75) is 32.5 Å². The van der Waals surface area contributed by atoms with Gasteiger partial charge in [-0.15, -0.1) is 0 Å². The quantitative estimate of drug-likeness (QED) is 0.316. The van der Waals surface area contributed by atoms with Crippen molar-refractivity contribution in [1.29, 1.82) is 0 Å². The number of fused-ring (bicyclic) bond motifs is 7. The summed E-state index contributed by atoms with van der Waals surface area (Å²) < 4.78 is 1.89. The fourth-order valence-electron chi connectivity index (χ4n) is 8.58. The molecule has 5 heterocycles. The van der Waals surface area contributed by atoms with E-state index in [0.717, 1.165) is 65.9 Å². The Balaban J connectivity index is 1.15. The van der Waals surface area contributed by atoms with Crippen LogP contribution in [0.5, 0.6) is 0 Å². The number of quaternary nitrogens is 2. The Hall–Kier alpha value is -3.86. The number of carboxylic acid groups (broad SMARTS) is 1. The first kappa shape index (κ1) is 28.9. The zero-order valence-corrected chi connectivity index (χ0v) is 25.7. The molecule has 4 fully saturated rings. The molecule has 44 heavy (non-hydrogen) atoms. The van der Waals surface area contributed by atoms with Gasteiger partial charge < -0.3 is 29.0 Å². The van der Waals surface area contributed by atoms with Crippen LogP contribution in [-0.4, -0.2) is 125 Å². The summed E-state index contributed by atoms with van der Waals surface area (Å²) in [5.41, 5.74) is 5.22. The smallest absolute Gasteiger partial charge is 0.352 e. The van der Waals surface area contributed by atoms with E-state index in [1.807, 2.05) is 39.2 Å². The molecule has 10 heteroatoms. The highest BCUT2D eigenvalue weighted by atomic mass is 16.4. The zero-order chi connectivity index (χ0) is 31.3. The van der Waals surface area contributed by atoms with Gasteiger partial charge in [-0.25, -0.2) is 4.79 Å². The van der Waals surface area contributed by atoms with E-state index in [2.05, 4.69) is 12.1 Å². The maximum atomic E-state index is 13.6. The molecule has 0 radical (unpaired) electrons. The van der Waals surface area contributed by atoms with Gasteiger partial charge in [0.1, 0.15) is 51.5 Å². The molecule has 8 rings (SSSR count). The summed E-state index contributed by atoms with van der Waals surface area (Å²) in [5.74, 6) is -2.39. The number of hydrogen-bond donors (Lipinski definition) is 2. The number of aliphatic hydroxyl groups excluding tert-OH is 1. The molecule has 2 N–H and O–H groups in total. The summed E-state index contributed by atoms with van der Waals surface area (Å²) in [7, 11) is 3.65. The number of aliphatic carboxylic acids is 1. The molecule has 4 saturated heterocycles. The van der Waals surface area contributed by atoms with Crippen LogP contribution < -0.4 is 0 Å². The number of carbonyl (C=O) groups is 4. The number of hydrogen-bond acceptors (Lipinski definition) is 5. The van der Waals surface area contributed by atoms with Gasteiger partial charge in [0, 0.05) is 36.7 Å². The lowest BCUT2D eigenvalue weighted by molar-refractivity contribution is -1.08. The number of nitrogens with zero attached hydrogens (tertiary/aromatic N) is 4. The summed E-state index contributed by atoms with van der Waals surface area (Å²) in [6, 6.07) is 11.3. The first-order chi connectivity index (χ1) is 20.9. The SMILES string of the molecule is C[C@@H](O)[C@H]1C(=O)N2C(C(=O)O)=C(c3ccc4c(c3)C(=O)c3ccc(C[N+]56CC[N+](CC(=O)N(C)C)(CC5)CC6)cc3-4)[C@H](C)[C@H]12. The Kier molecular flexibility index (Phi) is 6.45. The molecule has 0 spiro atoms. The highest BCUT2D eigenvalue weighted by Crippen LogP contribution is 2.51. The van der Waals surface area contributed by atoms with Gasteiger partial charge in [0.25, 0.3) is 5.91 Å². The molecule has 230 valence electrons. The number of ketones is 1. The minimum absolute atomic E-state index is 0.0553. The summed E-state index contributed by atoms with van der Waals surface area (Å²) in [6.45, 7) is 11.0. The van der Waals surface area contributed by atoms with E-state index < -0.39 is 24.0 Å². The predicted molar refractivity (Wildman–Crippen MR) is 162 cm³/mol. The second kappa shape index (κ2) is 9.82. The molecule has 10 nitrogen and oxygen atoms in total. The van der Waals surface area contributed by atoms with Crippen LogP contribution in [0.3, 0.4) is 0 Å². The summed E-state index contributed by atoms with van der Waals surface area (Å²) >= 11 is 0. The van der Waals surface area contributed by atoms with Gasteiger partial charge in [-0.3, -0.25) is 14.4 Å². The summed E-state index contributed by atoms with van der Waals surface area (Å²) in [4.78, 5) is 54.3. The van der Waals surface area contributed by atoms with E-state index in [0.29, 0.717) is 28.8 Å². The Bertz CT molecular complexity index is 1650. The lowest BCUT2D eigenvalue weighted by atomic mass is 9.76. The standard InChI is InChI=1S/C34H39N4O6/c1-19-28(31(34(43)44)36-30(19)29(20(2)39)33(36)42)22-6-8-23-25-15-21(5-7-24(25)32(41)26(23)16-22)17-37-9-12-38(13-10-37,14-11-37)18-27(40)35(3)4/h5-8,15-16,19-20,29-30,39H,9-14,17-18H2,1-4H3/q+1/p+1/t19-,20+,29+,30+,37?,38?/m0/s1. The number of β-lactam (4-membered cyclic amide) rings is 1. The van der Waals surface area contributed by atoms with Crippen LogP contribution in [0, 0.1) is 11.8 Å². The van der Waals surface area contributed by atoms with Crippen LogP contribution in [0.4, 0.5) is 0 Å². The maximum Gasteiger partial charge on any atom is 0.352 e. The molecular formula is C34H40N4O6+2. The van der Waals surface area contributed by atoms with Gasteiger partial charge in [-0.1, -0.05) is 25.1 Å². The largest absolute Gasteiger partial charge is 0.477 e. The molecule has 0 saturated carbocycles. The third-order valence-electron chi connectivity index (χ3n) is 11.2. The van der Waals surface area contributed by atoms with E-state index in [9.17, 15) is 29.4 Å². The minimum Gasteiger partial charge on any atom is -0.477 e.